The summed E-state index contributed by atoms with van der Waals surface area (Å²) in [4.78, 5) is 0. The molecule has 0 aromatic carbocycles. The Bertz CT molecular complexity index is 435. The van der Waals surface area contributed by atoms with E-state index >= 15 is 0 Å². The molecular formula is C20H34O2. The maximum atomic E-state index is 11.4. The van der Waals surface area contributed by atoms with Gasteiger partial charge in [-0.15, -0.1) is 0 Å². The fourth-order valence-corrected chi connectivity index (χ4v) is 7.26. The van der Waals surface area contributed by atoms with E-state index in [9.17, 15) is 5.11 Å². The van der Waals surface area contributed by atoms with Crippen LogP contribution in [0.15, 0.2) is 0 Å². The standard InChI is InChI=1S/C20H34O2/c1-18-7-3-8-20(22,14-18)17-13-19(16(17)6-9-18)10-5-15(12-19)4-2-11-21/h15-17,21-22H,2-14H2,1H3. The zero-order chi connectivity index (χ0) is 15.4. The van der Waals surface area contributed by atoms with Crippen LogP contribution in [-0.4, -0.2) is 22.4 Å². The van der Waals surface area contributed by atoms with Gasteiger partial charge in [0, 0.05) is 6.61 Å². The molecule has 0 amide bonds. The van der Waals surface area contributed by atoms with Crippen LogP contribution in [0.3, 0.4) is 0 Å². The van der Waals surface area contributed by atoms with Crippen LogP contribution < -0.4 is 0 Å². The summed E-state index contributed by atoms with van der Waals surface area (Å²) in [6.07, 6.45) is 15.1. The van der Waals surface area contributed by atoms with Crippen LogP contribution in [0.1, 0.15) is 84.0 Å². The average Bonchev–Trinajstić information content (AvgIpc) is 2.86. The molecule has 0 aromatic heterocycles. The van der Waals surface area contributed by atoms with Gasteiger partial charge in [0.2, 0.25) is 0 Å². The maximum absolute atomic E-state index is 11.4. The van der Waals surface area contributed by atoms with Gasteiger partial charge in [0.25, 0.3) is 0 Å². The lowest BCUT2D eigenvalue weighted by Gasteiger charge is -2.59. The van der Waals surface area contributed by atoms with Crippen molar-refractivity contribution in [2.75, 3.05) is 6.61 Å². The lowest BCUT2D eigenvalue weighted by atomic mass is 9.47. The van der Waals surface area contributed by atoms with Crippen molar-refractivity contribution < 1.29 is 10.2 Å². The lowest BCUT2D eigenvalue weighted by Crippen LogP contribution is -2.57. The molecule has 4 fully saturated rings. The monoisotopic (exact) mass is 306 g/mol. The quantitative estimate of drug-likeness (QED) is 0.816. The molecule has 4 rings (SSSR count). The van der Waals surface area contributed by atoms with Crippen molar-refractivity contribution in [3.8, 4) is 0 Å². The van der Waals surface area contributed by atoms with Crippen molar-refractivity contribution >= 4 is 0 Å². The van der Waals surface area contributed by atoms with Crippen LogP contribution in [0.2, 0.25) is 0 Å². The molecule has 0 aromatic rings. The highest BCUT2D eigenvalue weighted by molar-refractivity contribution is 5.14. The van der Waals surface area contributed by atoms with E-state index in [0.717, 1.165) is 31.1 Å². The predicted octanol–water partition coefficient (Wildman–Crippen LogP) is 4.29. The van der Waals surface area contributed by atoms with Crippen LogP contribution in [0.4, 0.5) is 0 Å². The summed E-state index contributed by atoms with van der Waals surface area (Å²) >= 11 is 0. The molecule has 0 aliphatic heterocycles. The Hall–Kier alpha value is -0.0800. The topological polar surface area (TPSA) is 40.5 Å². The summed E-state index contributed by atoms with van der Waals surface area (Å²) in [6.45, 7) is 2.79. The normalized spacial score (nSPS) is 53.9. The van der Waals surface area contributed by atoms with Crippen LogP contribution in [0, 0.1) is 28.6 Å². The highest BCUT2D eigenvalue weighted by Gasteiger charge is 2.64. The molecule has 0 heterocycles. The van der Waals surface area contributed by atoms with E-state index in [-0.39, 0.29) is 5.60 Å². The fourth-order valence-electron chi connectivity index (χ4n) is 7.26. The van der Waals surface area contributed by atoms with Crippen LogP contribution in [0.25, 0.3) is 0 Å². The minimum absolute atomic E-state index is 0.331. The molecular weight excluding hydrogens is 272 g/mol. The van der Waals surface area contributed by atoms with E-state index in [1.165, 1.54) is 57.8 Å². The van der Waals surface area contributed by atoms with Gasteiger partial charge in [0.15, 0.2) is 0 Å². The average molecular weight is 306 g/mol. The van der Waals surface area contributed by atoms with Crippen molar-refractivity contribution in [2.24, 2.45) is 28.6 Å². The summed E-state index contributed by atoms with van der Waals surface area (Å²) in [6, 6.07) is 0. The Balaban J connectivity index is 1.50. The molecule has 2 bridgehead atoms. The van der Waals surface area contributed by atoms with Gasteiger partial charge in [-0.1, -0.05) is 13.3 Å². The first kappa shape index (κ1) is 15.4. The van der Waals surface area contributed by atoms with Crippen molar-refractivity contribution in [3.63, 3.8) is 0 Å². The second kappa shape index (κ2) is 5.21. The Morgan fingerprint density at radius 1 is 1.00 bits per heavy atom. The molecule has 126 valence electrons. The number of aliphatic hydroxyl groups excluding tert-OH is 1. The second-order valence-corrected chi connectivity index (χ2v) is 9.74. The Labute approximate surface area is 135 Å². The van der Waals surface area contributed by atoms with Gasteiger partial charge >= 0.3 is 0 Å². The first-order valence-electron chi connectivity index (χ1n) is 9.82. The van der Waals surface area contributed by atoms with E-state index in [0.29, 0.717) is 23.4 Å². The molecule has 0 saturated heterocycles. The SMILES string of the molecule is CC12CCCC(O)(C1)C1CC3(CCC(CCCO)C3)C1CC2. The van der Waals surface area contributed by atoms with Crippen molar-refractivity contribution in [2.45, 2.75) is 89.6 Å². The third-order valence-corrected chi connectivity index (χ3v) is 8.29. The number of fused-ring (bicyclic) bond motifs is 5. The summed E-state index contributed by atoms with van der Waals surface area (Å²) in [5.74, 6) is 2.25. The van der Waals surface area contributed by atoms with Crippen LogP contribution >= 0.6 is 0 Å². The Kier molecular flexibility index (Phi) is 3.66. The molecule has 1 spiro atoms. The van der Waals surface area contributed by atoms with E-state index in [1.54, 1.807) is 0 Å². The number of hydrogen-bond donors (Lipinski definition) is 2. The second-order valence-electron chi connectivity index (χ2n) is 9.74. The molecule has 2 heteroatoms. The van der Waals surface area contributed by atoms with Crippen molar-refractivity contribution in [1.82, 2.24) is 0 Å². The van der Waals surface area contributed by atoms with E-state index in [1.807, 2.05) is 0 Å². The molecule has 6 unspecified atom stereocenters. The number of aliphatic hydroxyl groups is 2. The molecule has 0 radical (unpaired) electrons. The molecule has 2 nitrogen and oxygen atoms in total. The highest BCUT2D eigenvalue weighted by Crippen LogP contribution is 2.70. The highest BCUT2D eigenvalue weighted by atomic mass is 16.3. The van der Waals surface area contributed by atoms with Gasteiger partial charge in [-0.25, -0.2) is 0 Å². The maximum Gasteiger partial charge on any atom is 0.0684 e. The van der Waals surface area contributed by atoms with Gasteiger partial charge in [-0.05, 0) is 99.2 Å². The van der Waals surface area contributed by atoms with Gasteiger partial charge < -0.3 is 10.2 Å². The molecule has 4 aliphatic carbocycles. The molecule has 2 N–H and O–H groups in total. The smallest absolute Gasteiger partial charge is 0.0684 e. The summed E-state index contributed by atoms with van der Waals surface area (Å²) in [7, 11) is 0. The first-order valence-corrected chi connectivity index (χ1v) is 9.82. The van der Waals surface area contributed by atoms with Crippen LogP contribution in [-0.2, 0) is 0 Å². The third-order valence-electron chi connectivity index (χ3n) is 8.29. The zero-order valence-corrected chi connectivity index (χ0v) is 14.3. The molecule has 22 heavy (non-hydrogen) atoms. The summed E-state index contributed by atoms with van der Waals surface area (Å²) in [5.41, 5.74) is 0.664. The third kappa shape index (κ3) is 2.28. The van der Waals surface area contributed by atoms with Crippen LogP contribution in [0.5, 0.6) is 0 Å². The van der Waals surface area contributed by atoms with E-state index in [4.69, 9.17) is 5.11 Å². The fraction of sp³-hybridized carbons (Fsp3) is 1.00. The Morgan fingerprint density at radius 3 is 2.68 bits per heavy atom. The van der Waals surface area contributed by atoms with E-state index < -0.39 is 0 Å². The zero-order valence-electron chi connectivity index (χ0n) is 14.3. The summed E-state index contributed by atoms with van der Waals surface area (Å²) in [5, 5.41) is 20.4. The number of rotatable bonds is 3. The van der Waals surface area contributed by atoms with Crippen molar-refractivity contribution in [1.29, 1.82) is 0 Å². The predicted molar refractivity (Wildman–Crippen MR) is 88.4 cm³/mol. The number of hydrogen-bond acceptors (Lipinski definition) is 2. The lowest BCUT2D eigenvalue weighted by molar-refractivity contribution is -0.171. The van der Waals surface area contributed by atoms with Gasteiger partial charge in [-0.2, -0.15) is 0 Å². The minimum Gasteiger partial charge on any atom is -0.396 e. The molecule has 4 aliphatic rings. The minimum atomic E-state index is -0.331. The Morgan fingerprint density at radius 2 is 1.86 bits per heavy atom. The van der Waals surface area contributed by atoms with Crippen molar-refractivity contribution in [3.05, 3.63) is 0 Å². The first-order chi connectivity index (χ1) is 10.5. The molecule has 6 atom stereocenters. The van der Waals surface area contributed by atoms with Gasteiger partial charge in [0.1, 0.15) is 0 Å². The van der Waals surface area contributed by atoms with Gasteiger partial charge in [-0.3, -0.25) is 0 Å². The van der Waals surface area contributed by atoms with E-state index in [2.05, 4.69) is 6.92 Å². The summed E-state index contributed by atoms with van der Waals surface area (Å²) < 4.78 is 0. The largest absolute Gasteiger partial charge is 0.396 e. The van der Waals surface area contributed by atoms with Gasteiger partial charge in [0.05, 0.1) is 5.60 Å². The molecule has 4 saturated carbocycles.